The van der Waals surface area contributed by atoms with Crippen molar-refractivity contribution in [2.45, 2.75) is 25.9 Å². The van der Waals surface area contributed by atoms with Crippen LogP contribution in [0.25, 0.3) is 0 Å². The fourth-order valence-electron chi connectivity index (χ4n) is 1.67. The minimum Gasteiger partial charge on any atom is -0.473 e. The molecule has 0 radical (unpaired) electrons. The molecule has 1 atom stereocenters. The zero-order valence-electron chi connectivity index (χ0n) is 8.49. The van der Waals surface area contributed by atoms with Crippen LogP contribution in [0.2, 0.25) is 0 Å². The van der Waals surface area contributed by atoms with E-state index in [1.54, 1.807) is 0 Å². The molecule has 14 heavy (non-hydrogen) atoms. The number of hydrogen-bond donors (Lipinski definition) is 1. The predicted molar refractivity (Wildman–Crippen MR) is 55.5 cm³/mol. The van der Waals surface area contributed by atoms with E-state index in [1.165, 1.54) is 6.42 Å². The number of aryl methyl sites for hydroxylation is 1. The number of rotatable bonds is 2. The number of nitrogens with one attached hydrogen (secondary N) is 1. The van der Waals surface area contributed by atoms with Gasteiger partial charge in [0, 0.05) is 18.3 Å². The summed E-state index contributed by atoms with van der Waals surface area (Å²) in [5.41, 5.74) is 1.01. The molecule has 1 aliphatic rings. The van der Waals surface area contributed by atoms with Gasteiger partial charge in [-0.3, -0.25) is 0 Å². The SMILES string of the molecule is Cc1cccc(O[C@H]2CCCNC2)n1. The van der Waals surface area contributed by atoms with Gasteiger partial charge < -0.3 is 10.1 Å². The fraction of sp³-hybridized carbons (Fsp3) is 0.545. The van der Waals surface area contributed by atoms with Crippen molar-refractivity contribution in [3.8, 4) is 5.88 Å². The quantitative estimate of drug-likeness (QED) is 0.771. The van der Waals surface area contributed by atoms with Crippen LogP contribution in [-0.4, -0.2) is 24.2 Å². The minimum absolute atomic E-state index is 0.290. The number of pyridine rings is 1. The third kappa shape index (κ3) is 2.45. The predicted octanol–water partition coefficient (Wildman–Crippen LogP) is 1.52. The van der Waals surface area contributed by atoms with Crippen LogP contribution in [-0.2, 0) is 0 Å². The highest BCUT2D eigenvalue weighted by Gasteiger charge is 2.14. The van der Waals surface area contributed by atoms with Gasteiger partial charge in [0.2, 0.25) is 5.88 Å². The Morgan fingerprint density at radius 3 is 3.14 bits per heavy atom. The molecule has 0 unspecified atom stereocenters. The van der Waals surface area contributed by atoms with Gasteiger partial charge in [0.25, 0.3) is 0 Å². The van der Waals surface area contributed by atoms with Gasteiger partial charge in [-0.15, -0.1) is 0 Å². The van der Waals surface area contributed by atoms with Gasteiger partial charge in [-0.2, -0.15) is 0 Å². The van der Waals surface area contributed by atoms with E-state index in [1.807, 2.05) is 25.1 Å². The first-order valence-corrected chi connectivity index (χ1v) is 5.15. The topological polar surface area (TPSA) is 34.1 Å². The lowest BCUT2D eigenvalue weighted by Gasteiger charge is -2.23. The summed E-state index contributed by atoms with van der Waals surface area (Å²) in [6.07, 6.45) is 2.61. The summed E-state index contributed by atoms with van der Waals surface area (Å²) in [5, 5.41) is 3.32. The van der Waals surface area contributed by atoms with Crippen molar-refractivity contribution < 1.29 is 4.74 Å². The van der Waals surface area contributed by atoms with Crippen LogP contribution < -0.4 is 10.1 Å². The van der Waals surface area contributed by atoms with Crippen LogP contribution >= 0.6 is 0 Å². The van der Waals surface area contributed by atoms with E-state index in [0.717, 1.165) is 31.1 Å². The Balaban J connectivity index is 1.95. The Hall–Kier alpha value is -1.09. The first-order chi connectivity index (χ1) is 6.84. The average molecular weight is 192 g/mol. The molecule has 0 amide bonds. The third-order valence-corrected chi connectivity index (χ3v) is 2.40. The Morgan fingerprint density at radius 1 is 1.50 bits per heavy atom. The standard InChI is InChI=1S/C11H16N2O/c1-9-4-2-6-11(13-9)14-10-5-3-7-12-8-10/h2,4,6,10,12H,3,5,7-8H2,1H3/t10-/m0/s1. The van der Waals surface area contributed by atoms with Gasteiger partial charge in [-0.05, 0) is 32.4 Å². The molecule has 76 valence electrons. The molecule has 0 aromatic carbocycles. The van der Waals surface area contributed by atoms with Crippen molar-refractivity contribution in [1.82, 2.24) is 10.3 Å². The van der Waals surface area contributed by atoms with Gasteiger partial charge in [-0.25, -0.2) is 4.98 Å². The van der Waals surface area contributed by atoms with Crippen LogP contribution in [0.15, 0.2) is 18.2 Å². The van der Waals surface area contributed by atoms with Crippen molar-refractivity contribution in [3.05, 3.63) is 23.9 Å². The maximum Gasteiger partial charge on any atom is 0.213 e. The second-order valence-corrected chi connectivity index (χ2v) is 3.70. The van der Waals surface area contributed by atoms with Gasteiger partial charge in [-0.1, -0.05) is 6.07 Å². The highest BCUT2D eigenvalue weighted by atomic mass is 16.5. The van der Waals surface area contributed by atoms with E-state index in [-0.39, 0.29) is 6.10 Å². The molecule has 1 aromatic heterocycles. The molecule has 0 bridgehead atoms. The molecular weight excluding hydrogens is 176 g/mol. The largest absolute Gasteiger partial charge is 0.473 e. The number of ether oxygens (including phenoxy) is 1. The minimum atomic E-state index is 0.290. The fourth-order valence-corrected chi connectivity index (χ4v) is 1.67. The van der Waals surface area contributed by atoms with E-state index >= 15 is 0 Å². The van der Waals surface area contributed by atoms with Crippen LogP contribution in [0, 0.1) is 6.92 Å². The van der Waals surface area contributed by atoms with E-state index in [0.29, 0.717) is 0 Å². The zero-order valence-corrected chi connectivity index (χ0v) is 8.49. The first-order valence-electron chi connectivity index (χ1n) is 5.15. The molecule has 2 rings (SSSR count). The summed E-state index contributed by atoms with van der Waals surface area (Å²) < 4.78 is 5.76. The van der Waals surface area contributed by atoms with E-state index < -0.39 is 0 Å². The van der Waals surface area contributed by atoms with Crippen LogP contribution in [0.5, 0.6) is 5.88 Å². The van der Waals surface area contributed by atoms with Gasteiger partial charge in [0.1, 0.15) is 6.10 Å². The second-order valence-electron chi connectivity index (χ2n) is 3.70. The van der Waals surface area contributed by atoms with Gasteiger partial charge in [0.05, 0.1) is 0 Å². The summed E-state index contributed by atoms with van der Waals surface area (Å²) >= 11 is 0. The molecule has 1 fully saturated rings. The Morgan fingerprint density at radius 2 is 2.43 bits per heavy atom. The molecule has 1 saturated heterocycles. The lowest BCUT2D eigenvalue weighted by Crippen LogP contribution is -2.37. The van der Waals surface area contributed by atoms with E-state index in [9.17, 15) is 0 Å². The molecule has 1 N–H and O–H groups in total. The molecular formula is C11H16N2O. The second kappa shape index (κ2) is 4.42. The normalized spacial score (nSPS) is 21.9. The lowest BCUT2D eigenvalue weighted by atomic mass is 10.1. The zero-order chi connectivity index (χ0) is 9.80. The maximum atomic E-state index is 5.76. The molecule has 1 aromatic rings. The van der Waals surface area contributed by atoms with E-state index in [2.05, 4.69) is 10.3 Å². The summed E-state index contributed by atoms with van der Waals surface area (Å²) in [4.78, 5) is 4.32. The van der Waals surface area contributed by atoms with Crippen molar-refractivity contribution >= 4 is 0 Å². The lowest BCUT2D eigenvalue weighted by molar-refractivity contribution is 0.160. The first kappa shape index (κ1) is 9.46. The molecule has 0 spiro atoms. The number of piperidine rings is 1. The Kier molecular flexibility index (Phi) is 2.99. The Labute approximate surface area is 84.5 Å². The third-order valence-electron chi connectivity index (χ3n) is 2.40. The Bertz CT molecular complexity index is 295. The van der Waals surface area contributed by atoms with Crippen LogP contribution in [0.1, 0.15) is 18.5 Å². The molecule has 3 nitrogen and oxygen atoms in total. The highest BCUT2D eigenvalue weighted by molar-refractivity contribution is 5.15. The monoisotopic (exact) mass is 192 g/mol. The summed E-state index contributed by atoms with van der Waals surface area (Å²) in [6, 6.07) is 5.88. The summed E-state index contributed by atoms with van der Waals surface area (Å²) in [6.45, 7) is 4.03. The van der Waals surface area contributed by atoms with Crippen molar-refractivity contribution in [2.24, 2.45) is 0 Å². The number of hydrogen-bond acceptors (Lipinski definition) is 3. The molecule has 3 heteroatoms. The van der Waals surface area contributed by atoms with Crippen molar-refractivity contribution in [1.29, 1.82) is 0 Å². The van der Waals surface area contributed by atoms with Gasteiger partial charge >= 0.3 is 0 Å². The molecule has 2 heterocycles. The molecule has 1 aliphatic heterocycles. The van der Waals surface area contributed by atoms with Crippen LogP contribution in [0.3, 0.4) is 0 Å². The van der Waals surface area contributed by atoms with Crippen molar-refractivity contribution in [2.75, 3.05) is 13.1 Å². The molecule has 0 aliphatic carbocycles. The van der Waals surface area contributed by atoms with Gasteiger partial charge in [0.15, 0.2) is 0 Å². The smallest absolute Gasteiger partial charge is 0.213 e. The number of nitrogens with zero attached hydrogens (tertiary/aromatic N) is 1. The van der Waals surface area contributed by atoms with Crippen LogP contribution in [0.4, 0.5) is 0 Å². The summed E-state index contributed by atoms with van der Waals surface area (Å²) in [5.74, 6) is 0.749. The summed E-state index contributed by atoms with van der Waals surface area (Å²) in [7, 11) is 0. The van der Waals surface area contributed by atoms with E-state index in [4.69, 9.17) is 4.74 Å². The molecule has 0 saturated carbocycles. The average Bonchev–Trinajstić information content (AvgIpc) is 2.19. The number of aromatic nitrogens is 1. The maximum absolute atomic E-state index is 5.76. The highest BCUT2D eigenvalue weighted by Crippen LogP contribution is 2.13. The van der Waals surface area contributed by atoms with Crippen molar-refractivity contribution in [3.63, 3.8) is 0 Å².